The van der Waals surface area contributed by atoms with Gasteiger partial charge in [-0.15, -0.1) is 5.06 Å². The molecule has 3 aliphatic rings. The van der Waals surface area contributed by atoms with Crippen LogP contribution in [0.2, 0.25) is 0 Å². The molecule has 0 bridgehead atoms. The van der Waals surface area contributed by atoms with Gasteiger partial charge in [0, 0.05) is 74.6 Å². The second-order valence-electron chi connectivity index (χ2n) is 15.8. The molecule has 0 aromatic heterocycles. The zero-order valence-electron chi connectivity index (χ0n) is 34.6. The summed E-state index contributed by atoms with van der Waals surface area (Å²) in [6.45, 7) is 7.29. The first-order valence-corrected chi connectivity index (χ1v) is 20.8. The van der Waals surface area contributed by atoms with Crippen molar-refractivity contribution < 1.29 is 52.7 Å². The summed E-state index contributed by atoms with van der Waals surface area (Å²) in [5.74, 6) is -6.48. The smallest absolute Gasteiger partial charge is 0.333 e. The van der Waals surface area contributed by atoms with Crippen LogP contribution in [0.15, 0.2) is 54.6 Å². The second kappa shape index (κ2) is 21.0. The van der Waals surface area contributed by atoms with E-state index >= 15 is 0 Å². The second-order valence-corrected chi connectivity index (χ2v) is 15.8. The van der Waals surface area contributed by atoms with E-state index in [1.54, 1.807) is 74.2 Å². The van der Waals surface area contributed by atoms with Crippen LogP contribution in [0.4, 0.5) is 0 Å². The first-order chi connectivity index (χ1) is 28.8. The van der Waals surface area contributed by atoms with Gasteiger partial charge in [0.15, 0.2) is 5.78 Å². The number of ether oxygens (including phenoxy) is 1. The van der Waals surface area contributed by atoms with Gasteiger partial charge in [0.25, 0.3) is 17.7 Å². The largest absolute Gasteiger partial charge is 0.378 e. The third-order valence-corrected chi connectivity index (χ3v) is 11.6. The van der Waals surface area contributed by atoms with Gasteiger partial charge in [-0.2, -0.15) is 0 Å². The first-order valence-electron chi connectivity index (χ1n) is 20.8. The summed E-state index contributed by atoms with van der Waals surface area (Å²) in [5.41, 5.74) is 0.0616. The molecular formula is C44H55N5O11. The number of nitrogens with one attached hydrogen (secondary N) is 2. The van der Waals surface area contributed by atoms with Gasteiger partial charge in [-0.25, -0.2) is 4.79 Å². The van der Waals surface area contributed by atoms with Crippen molar-refractivity contribution in [2.45, 2.75) is 78.6 Å². The first kappa shape index (κ1) is 45.3. The predicted octanol–water partition coefficient (Wildman–Crippen LogP) is 3.22. The summed E-state index contributed by atoms with van der Waals surface area (Å²) in [6.07, 6.45) is 1.67. The van der Waals surface area contributed by atoms with E-state index in [2.05, 4.69) is 10.6 Å². The Morgan fingerprint density at radius 2 is 1.42 bits per heavy atom. The third kappa shape index (κ3) is 10.9. The highest BCUT2D eigenvalue weighted by atomic mass is 16.7. The number of hydroxylamine groups is 2. The van der Waals surface area contributed by atoms with Crippen LogP contribution in [-0.4, -0.2) is 114 Å². The van der Waals surface area contributed by atoms with Crippen LogP contribution in [0, 0.1) is 23.2 Å². The molecular weight excluding hydrogens is 775 g/mol. The number of ketones is 1. The van der Waals surface area contributed by atoms with Crippen molar-refractivity contribution in [1.82, 2.24) is 25.5 Å². The third-order valence-electron chi connectivity index (χ3n) is 11.6. The fourth-order valence-corrected chi connectivity index (χ4v) is 7.91. The maximum atomic E-state index is 14.2. The van der Waals surface area contributed by atoms with E-state index in [1.807, 2.05) is 6.07 Å². The number of unbranched alkanes of at least 4 members (excludes halogenated alkanes) is 2. The highest BCUT2D eigenvalue weighted by Gasteiger charge is 2.57. The monoisotopic (exact) mass is 829 g/mol. The fraction of sp³-hybridized carbons (Fsp3) is 0.523. The topological polar surface area (TPSA) is 206 Å². The minimum absolute atomic E-state index is 0.0108. The van der Waals surface area contributed by atoms with Crippen molar-refractivity contribution >= 4 is 53.1 Å². The van der Waals surface area contributed by atoms with E-state index < -0.39 is 58.7 Å². The molecule has 5 rings (SSSR count). The number of likely N-dealkylation sites (tertiary alicyclic amines) is 1. The van der Waals surface area contributed by atoms with Gasteiger partial charge in [0.2, 0.25) is 23.6 Å². The highest BCUT2D eigenvalue weighted by Crippen LogP contribution is 2.45. The summed E-state index contributed by atoms with van der Waals surface area (Å²) < 4.78 is 5.39. The number of rotatable bonds is 20. The Hall–Kier alpha value is -5.77. The van der Waals surface area contributed by atoms with Crippen LogP contribution in [0.25, 0.3) is 0 Å². The van der Waals surface area contributed by atoms with E-state index in [0.29, 0.717) is 73.7 Å². The van der Waals surface area contributed by atoms with Gasteiger partial charge in [0.05, 0.1) is 30.5 Å². The highest BCUT2D eigenvalue weighted by molar-refractivity contribution is 6.10. The number of amides is 7. The summed E-state index contributed by atoms with van der Waals surface area (Å²) >= 11 is 0. The number of carbonyl (C=O) groups excluding carboxylic acids is 9. The lowest BCUT2D eigenvalue weighted by Crippen LogP contribution is -2.49. The van der Waals surface area contributed by atoms with E-state index in [9.17, 15) is 43.2 Å². The molecule has 4 atom stereocenters. The van der Waals surface area contributed by atoms with Crippen molar-refractivity contribution in [2.24, 2.45) is 23.2 Å². The molecule has 4 unspecified atom stereocenters. The lowest BCUT2D eigenvalue weighted by Gasteiger charge is -2.35. The average Bonchev–Trinajstić information content (AvgIpc) is 3.70. The fourth-order valence-electron chi connectivity index (χ4n) is 7.91. The Morgan fingerprint density at radius 1 is 0.800 bits per heavy atom. The van der Waals surface area contributed by atoms with Crippen LogP contribution in [0.5, 0.6) is 0 Å². The maximum absolute atomic E-state index is 14.2. The SMILES string of the molecule is CCC(C)(C(=O)NCCCNC(=O)c1ccc(C(=O)c2ccccc2)cc1)C1C(=O)N(CCCCCC(=O)ON2C(=O)CCC2=O)C(=O)C1CC(C)C(=O)N1CCOCC1. The molecule has 322 valence electrons. The number of morpholine rings is 1. The normalized spacial score (nSPS) is 19.6. The summed E-state index contributed by atoms with van der Waals surface area (Å²) in [7, 11) is 0. The number of benzene rings is 2. The predicted molar refractivity (Wildman–Crippen MR) is 215 cm³/mol. The quantitative estimate of drug-likeness (QED) is 0.113. The lowest BCUT2D eigenvalue weighted by molar-refractivity contribution is -0.197. The van der Waals surface area contributed by atoms with Crippen LogP contribution < -0.4 is 10.6 Å². The molecule has 3 fully saturated rings. The Morgan fingerprint density at radius 3 is 2.07 bits per heavy atom. The molecule has 3 heterocycles. The maximum Gasteiger partial charge on any atom is 0.333 e. The van der Waals surface area contributed by atoms with Gasteiger partial charge >= 0.3 is 5.97 Å². The van der Waals surface area contributed by atoms with Crippen molar-refractivity contribution in [3.05, 3.63) is 71.3 Å². The van der Waals surface area contributed by atoms with Gasteiger partial charge in [0.1, 0.15) is 0 Å². The Balaban J connectivity index is 1.16. The molecule has 0 aliphatic carbocycles. The van der Waals surface area contributed by atoms with Crippen LogP contribution in [0.3, 0.4) is 0 Å². The molecule has 3 saturated heterocycles. The number of imide groups is 2. The minimum Gasteiger partial charge on any atom is -0.378 e. The zero-order valence-corrected chi connectivity index (χ0v) is 34.6. The molecule has 0 spiro atoms. The molecule has 16 nitrogen and oxygen atoms in total. The van der Waals surface area contributed by atoms with Crippen molar-refractivity contribution in [3.8, 4) is 0 Å². The number of hydrogen-bond donors (Lipinski definition) is 2. The Bertz CT molecular complexity index is 1920. The lowest BCUT2D eigenvalue weighted by atomic mass is 9.67. The summed E-state index contributed by atoms with van der Waals surface area (Å²) in [4.78, 5) is 125. The standard InChI is InChI=1S/C44H55N5O11/c1-4-44(3,43(58)46-22-11-21-45-39(54)32-17-15-31(16-18-32)38(53)30-12-7-5-8-13-30)37-33(28-29(2)40(55)47-24-26-59-27-25-47)41(56)48(42(37)57)23-10-6-9-14-36(52)60-49-34(50)19-20-35(49)51/h5,7-8,12-13,15-18,29,33,37H,4,6,9-11,14,19-28H2,1-3H3,(H,45,54)(H,46,58). The van der Waals surface area contributed by atoms with E-state index in [0.717, 1.165) is 0 Å². The number of hydrogen-bond acceptors (Lipinski definition) is 11. The van der Waals surface area contributed by atoms with Gasteiger partial charge in [-0.05, 0) is 51.2 Å². The average molecular weight is 830 g/mol. The summed E-state index contributed by atoms with van der Waals surface area (Å²) in [5, 5.41) is 6.23. The van der Waals surface area contributed by atoms with Crippen molar-refractivity contribution in [1.29, 1.82) is 0 Å². The molecule has 16 heteroatoms. The number of nitrogens with zero attached hydrogens (tertiary/aromatic N) is 3. The minimum atomic E-state index is -1.32. The molecule has 7 amide bonds. The van der Waals surface area contributed by atoms with Gasteiger partial charge < -0.3 is 25.1 Å². The van der Waals surface area contributed by atoms with E-state index in [4.69, 9.17) is 9.57 Å². The molecule has 2 aromatic rings. The van der Waals surface area contributed by atoms with E-state index in [1.165, 1.54) is 4.90 Å². The number of carbonyl (C=O) groups is 9. The van der Waals surface area contributed by atoms with Gasteiger partial charge in [-0.3, -0.25) is 43.3 Å². The molecule has 0 saturated carbocycles. The van der Waals surface area contributed by atoms with Crippen LogP contribution in [0.1, 0.15) is 105 Å². The zero-order chi connectivity index (χ0) is 43.4. The van der Waals surface area contributed by atoms with Crippen LogP contribution in [-0.2, 0) is 43.1 Å². The molecule has 2 N–H and O–H groups in total. The van der Waals surface area contributed by atoms with E-state index in [-0.39, 0.29) is 69.3 Å². The molecule has 60 heavy (non-hydrogen) atoms. The Kier molecular flexibility index (Phi) is 15.8. The van der Waals surface area contributed by atoms with Crippen molar-refractivity contribution in [3.63, 3.8) is 0 Å². The Labute approximate surface area is 349 Å². The van der Waals surface area contributed by atoms with Crippen molar-refractivity contribution in [2.75, 3.05) is 45.9 Å². The van der Waals surface area contributed by atoms with Crippen LogP contribution >= 0.6 is 0 Å². The molecule has 2 aromatic carbocycles. The molecule has 0 radical (unpaired) electrons. The van der Waals surface area contributed by atoms with Gasteiger partial charge in [-0.1, -0.05) is 62.7 Å². The molecule has 3 aliphatic heterocycles. The summed E-state index contributed by atoms with van der Waals surface area (Å²) in [6, 6.07) is 15.2.